The van der Waals surface area contributed by atoms with Crippen LogP contribution >= 0.6 is 11.3 Å². The summed E-state index contributed by atoms with van der Waals surface area (Å²) in [5, 5.41) is 4.44. The summed E-state index contributed by atoms with van der Waals surface area (Å²) in [5.41, 5.74) is 4.65. The van der Waals surface area contributed by atoms with Gasteiger partial charge in [-0.2, -0.15) is 11.3 Å². The van der Waals surface area contributed by atoms with Gasteiger partial charge in [0.2, 0.25) is 5.91 Å². The van der Waals surface area contributed by atoms with Gasteiger partial charge in [0.05, 0.1) is 13.2 Å². The van der Waals surface area contributed by atoms with Crippen molar-refractivity contribution in [2.45, 2.75) is 43.6 Å². The minimum absolute atomic E-state index is 0.262. The molecule has 5 heteroatoms. The van der Waals surface area contributed by atoms with Gasteiger partial charge in [0.15, 0.2) is 0 Å². The van der Waals surface area contributed by atoms with Gasteiger partial charge in [0.1, 0.15) is 0 Å². The first-order valence-corrected chi connectivity index (χ1v) is 11.9. The normalized spacial score (nSPS) is 24.0. The third kappa shape index (κ3) is 3.88. The monoisotopic (exact) mass is 410 g/mol. The molecule has 5 rings (SSSR count). The fraction of sp³-hybridized carbons (Fsp3) is 0.542. The Morgan fingerprint density at radius 3 is 2.66 bits per heavy atom. The number of hydrogen-bond acceptors (Lipinski definition) is 4. The van der Waals surface area contributed by atoms with E-state index in [4.69, 9.17) is 4.74 Å². The van der Waals surface area contributed by atoms with Crippen LogP contribution in [0.2, 0.25) is 0 Å². The van der Waals surface area contributed by atoms with Crippen molar-refractivity contribution in [3.8, 4) is 0 Å². The highest BCUT2D eigenvalue weighted by atomic mass is 32.1. The molecule has 0 unspecified atom stereocenters. The number of rotatable bonds is 4. The van der Waals surface area contributed by atoms with Gasteiger partial charge in [-0.3, -0.25) is 9.69 Å². The lowest BCUT2D eigenvalue weighted by Gasteiger charge is -2.40. The fourth-order valence-electron chi connectivity index (χ4n) is 5.62. The number of fused-ring (bicyclic) bond motifs is 2. The van der Waals surface area contributed by atoms with Crippen molar-refractivity contribution in [3.05, 3.63) is 57.8 Å². The molecule has 2 aliphatic heterocycles. The van der Waals surface area contributed by atoms with Crippen LogP contribution in [0.25, 0.3) is 0 Å². The molecule has 0 bridgehead atoms. The molecule has 154 valence electrons. The van der Waals surface area contributed by atoms with E-state index >= 15 is 0 Å². The summed E-state index contributed by atoms with van der Waals surface area (Å²) in [6.45, 7) is 6.21. The number of ether oxygens (including phenoxy) is 1. The van der Waals surface area contributed by atoms with E-state index in [1.54, 1.807) is 11.3 Å². The Morgan fingerprint density at radius 2 is 1.90 bits per heavy atom. The van der Waals surface area contributed by atoms with Crippen molar-refractivity contribution in [1.82, 2.24) is 9.80 Å². The first kappa shape index (κ1) is 19.3. The van der Waals surface area contributed by atoms with Crippen LogP contribution in [-0.4, -0.2) is 55.1 Å². The molecule has 2 fully saturated rings. The van der Waals surface area contributed by atoms with Crippen molar-refractivity contribution in [1.29, 1.82) is 0 Å². The van der Waals surface area contributed by atoms with Crippen LogP contribution in [0.3, 0.4) is 0 Å². The molecule has 1 aromatic carbocycles. The largest absolute Gasteiger partial charge is 0.378 e. The first-order chi connectivity index (χ1) is 14.2. The molecule has 1 amide bonds. The molecule has 2 saturated heterocycles. The maximum atomic E-state index is 12.9. The molecule has 0 radical (unpaired) electrons. The highest BCUT2D eigenvalue weighted by Gasteiger charge is 2.45. The minimum Gasteiger partial charge on any atom is -0.378 e. The third-order valence-electron chi connectivity index (χ3n) is 7.19. The van der Waals surface area contributed by atoms with Gasteiger partial charge in [0, 0.05) is 26.1 Å². The highest BCUT2D eigenvalue weighted by molar-refractivity contribution is 7.07. The number of piperidine rings is 1. The van der Waals surface area contributed by atoms with Crippen LogP contribution in [0.15, 0.2) is 41.1 Å². The van der Waals surface area contributed by atoms with Crippen LogP contribution in [0.4, 0.5) is 0 Å². The lowest BCUT2D eigenvalue weighted by Crippen LogP contribution is -2.42. The second-order valence-corrected chi connectivity index (χ2v) is 9.65. The number of hydrogen-bond donors (Lipinski definition) is 0. The van der Waals surface area contributed by atoms with Crippen LogP contribution in [0.1, 0.15) is 48.3 Å². The van der Waals surface area contributed by atoms with Crippen LogP contribution < -0.4 is 0 Å². The summed E-state index contributed by atoms with van der Waals surface area (Å²) in [7, 11) is 0. The molecule has 1 aromatic heterocycles. The lowest BCUT2D eigenvalue weighted by atomic mass is 9.73. The van der Waals surface area contributed by atoms with Crippen LogP contribution in [-0.2, 0) is 21.5 Å². The van der Waals surface area contributed by atoms with E-state index in [2.05, 4.69) is 46.0 Å². The van der Waals surface area contributed by atoms with E-state index in [9.17, 15) is 4.79 Å². The summed E-state index contributed by atoms with van der Waals surface area (Å²) in [4.78, 5) is 17.5. The fourth-order valence-corrected chi connectivity index (χ4v) is 6.28. The van der Waals surface area contributed by atoms with Crippen LogP contribution in [0.5, 0.6) is 0 Å². The molecule has 2 aromatic rings. The number of thiophene rings is 1. The molecule has 1 spiro atoms. The number of carbonyl (C=O) groups excluding carboxylic acids is 1. The summed E-state index contributed by atoms with van der Waals surface area (Å²) in [6, 6.07) is 11.2. The van der Waals surface area contributed by atoms with Gasteiger partial charge in [-0.05, 0) is 77.2 Å². The molecule has 3 heterocycles. The number of likely N-dealkylation sites (tertiary alicyclic amines) is 1. The number of nitrogens with zero attached hydrogens (tertiary/aromatic N) is 2. The number of carbonyl (C=O) groups is 1. The van der Waals surface area contributed by atoms with Crippen molar-refractivity contribution in [3.63, 3.8) is 0 Å². The Balaban J connectivity index is 1.28. The maximum absolute atomic E-state index is 12.9. The molecular weight excluding hydrogens is 380 g/mol. The quantitative estimate of drug-likeness (QED) is 0.763. The Hall–Kier alpha value is -1.69. The van der Waals surface area contributed by atoms with E-state index in [-0.39, 0.29) is 5.41 Å². The van der Waals surface area contributed by atoms with Gasteiger partial charge in [-0.25, -0.2) is 0 Å². The predicted molar refractivity (Wildman–Crippen MR) is 116 cm³/mol. The average Bonchev–Trinajstić information content (AvgIpc) is 3.38. The second kappa shape index (κ2) is 8.21. The zero-order valence-corrected chi connectivity index (χ0v) is 17.8. The zero-order chi connectivity index (χ0) is 19.7. The van der Waals surface area contributed by atoms with Crippen molar-refractivity contribution in [2.24, 2.45) is 0 Å². The first-order valence-electron chi connectivity index (χ1n) is 10.9. The molecule has 29 heavy (non-hydrogen) atoms. The Bertz CT molecular complexity index is 836. The van der Waals surface area contributed by atoms with E-state index < -0.39 is 0 Å². The lowest BCUT2D eigenvalue weighted by molar-refractivity contribution is -0.135. The topological polar surface area (TPSA) is 32.8 Å². The number of morpholine rings is 1. The summed E-state index contributed by atoms with van der Waals surface area (Å²) < 4.78 is 5.42. The average molecular weight is 411 g/mol. The summed E-state index contributed by atoms with van der Waals surface area (Å²) in [5.74, 6) is 0.671. The van der Waals surface area contributed by atoms with Crippen LogP contribution in [0, 0.1) is 0 Å². The second-order valence-electron chi connectivity index (χ2n) is 8.87. The van der Waals surface area contributed by atoms with E-state index in [1.807, 2.05) is 4.90 Å². The number of benzene rings is 1. The Labute approximate surface area is 177 Å². The van der Waals surface area contributed by atoms with E-state index in [0.717, 1.165) is 39.1 Å². The molecule has 4 nitrogen and oxygen atoms in total. The zero-order valence-electron chi connectivity index (χ0n) is 17.0. The molecule has 0 N–H and O–H groups in total. The standard InChI is InChI=1S/C24H30N2O2S/c27-23(26-10-12-28-13-11-26)15-20-16-24(22-4-2-1-3-21(20)22)6-8-25(9-7-24)17-19-5-14-29-18-19/h1-5,14,18,20H,6-13,15-17H2/t20-/m1/s1. The predicted octanol–water partition coefficient (Wildman–Crippen LogP) is 4.02. The summed E-state index contributed by atoms with van der Waals surface area (Å²) in [6.07, 6.45) is 4.19. The number of amides is 1. The summed E-state index contributed by atoms with van der Waals surface area (Å²) >= 11 is 1.78. The van der Waals surface area contributed by atoms with Crippen molar-refractivity contribution >= 4 is 17.2 Å². The molecule has 3 aliphatic rings. The SMILES string of the molecule is O=C(C[C@@H]1CC2(CCN(Cc3ccsc3)CC2)c2ccccc21)N1CCOCC1. The van der Waals surface area contributed by atoms with Gasteiger partial charge < -0.3 is 9.64 Å². The molecule has 1 atom stereocenters. The van der Waals surface area contributed by atoms with Crippen molar-refractivity contribution < 1.29 is 9.53 Å². The smallest absolute Gasteiger partial charge is 0.223 e. The highest BCUT2D eigenvalue weighted by Crippen LogP contribution is 2.52. The Morgan fingerprint density at radius 1 is 1.10 bits per heavy atom. The molecule has 0 saturated carbocycles. The van der Waals surface area contributed by atoms with Gasteiger partial charge in [0.25, 0.3) is 0 Å². The molecular formula is C24H30N2O2S. The van der Waals surface area contributed by atoms with E-state index in [1.165, 1.54) is 29.5 Å². The van der Waals surface area contributed by atoms with Gasteiger partial charge in [-0.1, -0.05) is 24.3 Å². The third-order valence-corrected chi connectivity index (χ3v) is 7.93. The van der Waals surface area contributed by atoms with E-state index in [0.29, 0.717) is 31.5 Å². The molecule has 1 aliphatic carbocycles. The van der Waals surface area contributed by atoms with Gasteiger partial charge in [-0.15, -0.1) is 0 Å². The Kier molecular flexibility index (Phi) is 5.46. The minimum atomic E-state index is 0.262. The maximum Gasteiger partial charge on any atom is 0.223 e. The van der Waals surface area contributed by atoms with Crippen molar-refractivity contribution in [2.75, 3.05) is 39.4 Å². The van der Waals surface area contributed by atoms with Gasteiger partial charge >= 0.3 is 0 Å².